The van der Waals surface area contributed by atoms with Gasteiger partial charge < -0.3 is 0 Å². The Kier molecular flexibility index (Phi) is 6.13. The quantitative estimate of drug-likeness (QED) is 0.715. The van der Waals surface area contributed by atoms with Crippen LogP contribution in [0.25, 0.3) is 11.6 Å². The molecular formula is C12H19NS. The second-order valence-electron chi connectivity index (χ2n) is 2.95. The van der Waals surface area contributed by atoms with Crippen LogP contribution < -0.4 is 0 Å². The van der Waals surface area contributed by atoms with E-state index in [0.29, 0.717) is 5.92 Å². The van der Waals surface area contributed by atoms with Gasteiger partial charge >= 0.3 is 0 Å². The van der Waals surface area contributed by atoms with Gasteiger partial charge in [-0.1, -0.05) is 40.9 Å². The van der Waals surface area contributed by atoms with Crippen molar-refractivity contribution in [3.63, 3.8) is 0 Å². The Morgan fingerprint density at radius 2 is 2.07 bits per heavy atom. The summed E-state index contributed by atoms with van der Waals surface area (Å²) in [4.78, 5) is 5.38. The second kappa shape index (κ2) is 6.55. The normalized spacial score (nSPS) is 9.21. The molecule has 0 saturated heterocycles. The SMILES string of the molecule is C=Cc1scnc1C(=C)C(C)C.CC. The van der Waals surface area contributed by atoms with E-state index in [4.69, 9.17) is 0 Å². The molecule has 0 radical (unpaired) electrons. The third-order valence-corrected chi connectivity index (χ3v) is 2.61. The highest BCUT2D eigenvalue weighted by molar-refractivity contribution is 7.10. The Labute approximate surface area is 91.2 Å². The maximum absolute atomic E-state index is 4.26. The zero-order valence-electron chi connectivity index (χ0n) is 9.50. The molecule has 14 heavy (non-hydrogen) atoms. The lowest BCUT2D eigenvalue weighted by Gasteiger charge is -2.06. The summed E-state index contributed by atoms with van der Waals surface area (Å²) in [5, 5.41) is 0. The van der Waals surface area contributed by atoms with Gasteiger partial charge in [0.25, 0.3) is 0 Å². The molecule has 0 saturated carbocycles. The van der Waals surface area contributed by atoms with Gasteiger partial charge in [-0.3, -0.25) is 0 Å². The van der Waals surface area contributed by atoms with E-state index in [-0.39, 0.29) is 0 Å². The minimum absolute atomic E-state index is 0.450. The van der Waals surface area contributed by atoms with Crippen LogP contribution in [0.2, 0.25) is 0 Å². The molecule has 1 heterocycles. The highest BCUT2D eigenvalue weighted by Gasteiger charge is 2.09. The van der Waals surface area contributed by atoms with Crippen molar-refractivity contribution in [2.45, 2.75) is 27.7 Å². The summed E-state index contributed by atoms with van der Waals surface area (Å²) in [6, 6.07) is 0. The first-order chi connectivity index (χ1) is 6.66. The van der Waals surface area contributed by atoms with Gasteiger partial charge in [-0.2, -0.15) is 0 Å². The van der Waals surface area contributed by atoms with E-state index in [2.05, 4.69) is 32.0 Å². The smallest absolute Gasteiger partial charge is 0.0840 e. The maximum atomic E-state index is 4.26. The van der Waals surface area contributed by atoms with E-state index in [1.54, 1.807) is 11.3 Å². The number of aromatic nitrogens is 1. The van der Waals surface area contributed by atoms with Crippen LogP contribution in [0.5, 0.6) is 0 Å². The van der Waals surface area contributed by atoms with Crippen molar-refractivity contribution in [1.29, 1.82) is 0 Å². The summed E-state index contributed by atoms with van der Waals surface area (Å²) in [6.07, 6.45) is 1.83. The number of thiazole rings is 1. The maximum Gasteiger partial charge on any atom is 0.0840 e. The van der Waals surface area contributed by atoms with Gasteiger partial charge in [0.2, 0.25) is 0 Å². The van der Waals surface area contributed by atoms with Gasteiger partial charge in [-0.25, -0.2) is 4.98 Å². The number of hydrogen-bond acceptors (Lipinski definition) is 2. The van der Waals surface area contributed by atoms with Gasteiger partial charge in [0.1, 0.15) is 0 Å². The van der Waals surface area contributed by atoms with Crippen LogP contribution in [-0.2, 0) is 0 Å². The van der Waals surface area contributed by atoms with Crippen LogP contribution >= 0.6 is 11.3 Å². The third kappa shape index (κ3) is 3.11. The van der Waals surface area contributed by atoms with Gasteiger partial charge in [0.15, 0.2) is 0 Å². The Morgan fingerprint density at radius 1 is 1.50 bits per heavy atom. The van der Waals surface area contributed by atoms with E-state index < -0.39 is 0 Å². The summed E-state index contributed by atoms with van der Waals surface area (Å²) < 4.78 is 0. The number of rotatable bonds is 3. The molecule has 1 aromatic rings. The summed E-state index contributed by atoms with van der Waals surface area (Å²) in [7, 11) is 0. The molecule has 0 aliphatic carbocycles. The van der Waals surface area contributed by atoms with Crippen LogP contribution in [0.1, 0.15) is 38.3 Å². The van der Waals surface area contributed by atoms with Crippen LogP contribution in [0.15, 0.2) is 18.7 Å². The second-order valence-corrected chi connectivity index (χ2v) is 3.84. The molecular weight excluding hydrogens is 190 g/mol. The Hall–Kier alpha value is -0.890. The van der Waals surface area contributed by atoms with E-state index in [1.807, 2.05) is 25.4 Å². The molecule has 0 aliphatic rings. The summed E-state index contributed by atoms with van der Waals surface area (Å²) >= 11 is 1.61. The molecule has 0 N–H and O–H groups in total. The molecule has 0 unspecified atom stereocenters. The van der Waals surface area contributed by atoms with E-state index in [9.17, 15) is 0 Å². The standard InChI is InChI=1S/C10H13NS.C2H6/c1-5-9-10(11-6-12-9)8(4)7(2)3;1-2/h5-7H,1,4H2,2-3H3;1-2H3. The Bertz CT molecular complexity index is 297. The fourth-order valence-electron chi connectivity index (χ4n) is 0.915. The van der Waals surface area contributed by atoms with Crippen molar-refractivity contribution in [3.05, 3.63) is 29.2 Å². The van der Waals surface area contributed by atoms with Gasteiger partial charge in [0, 0.05) is 0 Å². The van der Waals surface area contributed by atoms with Crippen LogP contribution in [0.4, 0.5) is 0 Å². The molecule has 0 bridgehead atoms. The first kappa shape index (κ1) is 13.1. The third-order valence-electron chi connectivity index (χ3n) is 1.78. The predicted molar refractivity (Wildman–Crippen MR) is 67.4 cm³/mol. The number of allylic oxidation sites excluding steroid dienone is 1. The minimum Gasteiger partial charge on any atom is -0.244 e. The monoisotopic (exact) mass is 209 g/mol. The lowest BCUT2D eigenvalue weighted by Crippen LogP contribution is -1.93. The molecule has 0 spiro atoms. The average Bonchev–Trinajstić information content (AvgIpc) is 2.67. The van der Waals surface area contributed by atoms with Crippen molar-refractivity contribution in [3.8, 4) is 0 Å². The molecule has 1 aromatic heterocycles. The van der Waals surface area contributed by atoms with Crippen molar-refractivity contribution in [2.24, 2.45) is 5.92 Å². The molecule has 78 valence electrons. The molecule has 0 aliphatic heterocycles. The lowest BCUT2D eigenvalue weighted by molar-refractivity contribution is 0.852. The van der Waals surface area contributed by atoms with Gasteiger partial charge in [-0.15, -0.1) is 11.3 Å². The first-order valence-electron chi connectivity index (χ1n) is 4.92. The Morgan fingerprint density at radius 3 is 2.50 bits per heavy atom. The number of hydrogen-bond donors (Lipinski definition) is 0. The van der Waals surface area contributed by atoms with E-state index in [1.165, 1.54) is 0 Å². The van der Waals surface area contributed by atoms with Crippen molar-refractivity contribution in [2.75, 3.05) is 0 Å². The zero-order valence-corrected chi connectivity index (χ0v) is 10.3. The molecule has 0 aromatic carbocycles. The summed E-state index contributed by atoms with van der Waals surface area (Å²) in [5.41, 5.74) is 3.93. The molecule has 0 atom stereocenters. The first-order valence-corrected chi connectivity index (χ1v) is 5.80. The van der Waals surface area contributed by atoms with Crippen molar-refractivity contribution in [1.82, 2.24) is 4.98 Å². The fourth-order valence-corrected chi connectivity index (χ4v) is 1.58. The molecule has 0 amide bonds. The van der Waals surface area contributed by atoms with E-state index >= 15 is 0 Å². The topological polar surface area (TPSA) is 12.9 Å². The molecule has 2 heteroatoms. The van der Waals surface area contributed by atoms with E-state index in [0.717, 1.165) is 16.1 Å². The van der Waals surface area contributed by atoms with Crippen LogP contribution in [-0.4, -0.2) is 4.98 Å². The van der Waals surface area contributed by atoms with Crippen molar-refractivity contribution < 1.29 is 0 Å². The molecule has 1 rings (SSSR count). The average molecular weight is 209 g/mol. The van der Waals surface area contributed by atoms with Crippen molar-refractivity contribution >= 4 is 23.0 Å². The summed E-state index contributed by atoms with van der Waals surface area (Å²) in [6.45, 7) is 16.0. The molecule has 0 fully saturated rings. The summed E-state index contributed by atoms with van der Waals surface area (Å²) in [5.74, 6) is 0.450. The fraction of sp³-hybridized carbons (Fsp3) is 0.417. The van der Waals surface area contributed by atoms with Gasteiger partial charge in [0.05, 0.1) is 16.1 Å². The van der Waals surface area contributed by atoms with Crippen LogP contribution in [0.3, 0.4) is 0 Å². The largest absolute Gasteiger partial charge is 0.244 e. The van der Waals surface area contributed by atoms with Crippen LogP contribution in [0, 0.1) is 5.92 Å². The minimum atomic E-state index is 0.450. The predicted octanol–water partition coefficient (Wildman–Crippen LogP) is 4.48. The highest BCUT2D eigenvalue weighted by atomic mass is 32.1. The van der Waals surface area contributed by atoms with Gasteiger partial charge in [-0.05, 0) is 17.6 Å². The Balaban J connectivity index is 0.000000791. The highest BCUT2D eigenvalue weighted by Crippen LogP contribution is 2.26. The molecule has 1 nitrogen and oxygen atoms in total. The zero-order chi connectivity index (χ0) is 11.1. The lowest BCUT2D eigenvalue weighted by atomic mass is 10.0. The number of nitrogens with zero attached hydrogens (tertiary/aromatic N) is 1.